The SMILES string of the molecule is CC(C)(C)OC(=O)c1ccc(NC(=O)[C@H](Cc2ccc(NC(=O)N3CCNCC3)cc2)NC(=O)C(=O)Nc2cc(Cl)ccc2-n2cnnn2)cc1. The normalized spacial score (nSPS) is 13.5. The lowest BCUT2D eigenvalue weighted by Gasteiger charge is -2.27. The fourth-order valence-corrected chi connectivity index (χ4v) is 5.15. The molecule has 2 heterocycles. The van der Waals surface area contributed by atoms with Crippen LogP contribution in [0.3, 0.4) is 0 Å². The van der Waals surface area contributed by atoms with E-state index in [1.165, 1.54) is 41.3 Å². The molecule has 1 aliphatic heterocycles. The predicted octanol–water partition coefficient (Wildman–Crippen LogP) is 3.01. The second-order valence-electron chi connectivity index (χ2n) is 12.5. The van der Waals surface area contributed by atoms with Crippen molar-refractivity contribution in [1.29, 1.82) is 0 Å². The Labute approximate surface area is 298 Å². The summed E-state index contributed by atoms with van der Waals surface area (Å²) in [6.45, 7) is 7.89. The standard InChI is InChI=1S/C34H37ClN10O6/c1-34(2,3)51-32(49)22-6-11-24(12-7-22)38-29(46)27(18-21-4-9-25(10-5-21)39-33(50)44-16-14-36-15-17-44)41-31(48)30(47)40-26-19-23(35)8-13-28(26)45-20-37-42-43-45/h4-13,19-20,27,36H,14-18H2,1-3H3,(H,38,46)(H,39,50)(H,40,47)(H,41,48)/t27-/m0/s1. The van der Waals surface area contributed by atoms with E-state index in [0.29, 0.717) is 48.8 Å². The van der Waals surface area contributed by atoms with Crippen molar-refractivity contribution < 1.29 is 28.7 Å². The first-order valence-electron chi connectivity index (χ1n) is 16.0. The number of carbonyl (C=O) groups is 5. The zero-order valence-corrected chi connectivity index (χ0v) is 28.9. The second-order valence-corrected chi connectivity index (χ2v) is 13.0. The number of piperazine rings is 1. The van der Waals surface area contributed by atoms with Gasteiger partial charge in [0.25, 0.3) is 0 Å². The highest BCUT2D eigenvalue weighted by Gasteiger charge is 2.26. The molecule has 266 valence electrons. The molecular weight excluding hydrogens is 680 g/mol. The summed E-state index contributed by atoms with van der Waals surface area (Å²) >= 11 is 6.15. The number of tetrazole rings is 1. The maximum Gasteiger partial charge on any atom is 0.338 e. The van der Waals surface area contributed by atoms with E-state index in [1.807, 2.05) is 0 Å². The lowest BCUT2D eigenvalue weighted by Crippen LogP contribution is -2.49. The van der Waals surface area contributed by atoms with Crippen LogP contribution in [-0.2, 0) is 25.5 Å². The largest absolute Gasteiger partial charge is 0.456 e. The average Bonchev–Trinajstić information content (AvgIpc) is 3.63. The van der Waals surface area contributed by atoms with Crippen LogP contribution in [0.1, 0.15) is 36.7 Å². The predicted molar refractivity (Wildman–Crippen MR) is 189 cm³/mol. The minimum Gasteiger partial charge on any atom is -0.456 e. The number of hydrogen-bond acceptors (Lipinski definition) is 10. The number of ether oxygens (including phenoxy) is 1. The number of hydrogen-bond donors (Lipinski definition) is 5. The van der Waals surface area contributed by atoms with Gasteiger partial charge in [-0.2, -0.15) is 4.68 Å². The summed E-state index contributed by atoms with van der Waals surface area (Å²) in [5, 5.41) is 25.1. The van der Waals surface area contributed by atoms with E-state index in [4.69, 9.17) is 16.3 Å². The highest BCUT2D eigenvalue weighted by atomic mass is 35.5. The zero-order valence-electron chi connectivity index (χ0n) is 28.1. The first-order chi connectivity index (χ1) is 24.3. The fraction of sp³-hybridized carbons (Fsp3) is 0.294. The van der Waals surface area contributed by atoms with E-state index in [-0.39, 0.29) is 28.7 Å². The molecule has 5 N–H and O–H groups in total. The summed E-state index contributed by atoms with van der Waals surface area (Å²) < 4.78 is 6.68. The molecule has 0 spiro atoms. The maximum absolute atomic E-state index is 13.6. The van der Waals surface area contributed by atoms with Crippen LogP contribution in [0.25, 0.3) is 5.69 Å². The number of urea groups is 1. The minimum absolute atomic E-state index is 0.0140. The van der Waals surface area contributed by atoms with Gasteiger partial charge in [0.15, 0.2) is 0 Å². The van der Waals surface area contributed by atoms with E-state index in [2.05, 4.69) is 42.1 Å². The first-order valence-corrected chi connectivity index (χ1v) is 16.4. The molecule has 4 aromatic rings. The van der Waals surface area contributed by atoms with Crippen molar-refractivity contribution in [2.45, 2.75) is 38.8 Å². The molecule has 0 bridgehead atoms. The van der Waals surface area contributed by atoms with Gasteiger partial charge in [-0.1, -0.05) is 23.7 Å². The molecule has 17 heteroatoms. The van der Waals surface area contributed by atoms with Gasteiger partial charge in [0.2, 0.25) is 5.91 Å². The summed E-state index contributed by atoms with van der Waals surface area (Å²) in [4.78, 5) is 66.8. The van der Waals surface area contributed by atoms with Crippen molar-refractivity contribution in [3.8, 4) is 5.69 Å². The molecule has 5 amide bonds. The van der Waals surface area contributed by atoms with Gasteiger partial charge in [-0.25, -0.2) is 9.59 Å². The van der Waals surface area contributed by atoms with E-state index in [9.17, 15) is 24.0 Å². The molecule has 1 saturated heterocycles. The van der Waals surface area contributed by atoms with Crippen molar-refractivity contribution in [1.82, 2.24) is 35.7 Å². The van der Waals surface area contributed by atoms with Crippen LogP contribution >= 0.6 is 11.6 Å². The Morgan fingerprint density at radius 3 is 2.20 bits per heavy atom. The lowest BCUT2D eigenvalue weighted by molar-refractivity contribution is -0.137. The highest BCUT2D eigenvalue weighted by molar-refractivity contribution is 6.40. The number of amides is 5. The van der Waals surface area contributed by atoms with Crippen LogP contribution in [0.2, 0.25) is 5.02 Å². The summed E-state index contributed by atoms with van der Waals surface area (Å²) in [6, 6.07) is 16.0. The number of carbonyl (C=O) groups excluding carboxylic acids is 5. The van der Waals surface area contributed by atoms with Crippen molar-refractivity contribution in [3.05, 3.63) is 89.2 Å². The van der Waals surface area contributed by atoms with Gasteiger partial charge in [0.1, 0.15) is 18.0 Å². The number of rotatable bonds is 9. The molecule has 16 nitrogen and oxygen atoms in total. The quantitative estimate of drug-likeness (QED) is 0.127. The van der Waals surface area contributed by atoms with E-state index < -0.39 is 35.3 Å². The highest BCUT2D eigenvalue weighted by Crippen LogP contribution is 2.24. The number of esters is 1. The molecule has 5 rings (SSSR count). The van der Waals surface area contributed by atoms with Crippen molar-refractivity contribution >= 4 is 58.4 Å². The average molecular weight is 717 g/mol. The third-order valence-electron chi connectivity index (χ3n) is 7.47. The Morgan fingerprint density at radius 1 is 0.882 bits per heavy atom. The van der Waals surface area contributed by atoms with Gasteiger partial charge in [-0.15, -0.1) is 5.10 Å². The van der Waals surface area contributed by atoms with Crippen LogP contribution < -0.4 is 26.6 Å². The van der Waals surface area contributed by atoms with Gasteiger partial charge in [-0.05, 0) is 91.4 Å². The number of nitrogens with one attached hydrogen (secondary N) is 5. The van der Waals surface area contributed by atoms with E-state index in [0.717, 1.165) is 0 Å². The molecule has 3 aromatic carbocycles. The van der Waals surface area contributed by atoms with Crippen molar-refractivity contribution in [3.63, 3.8) is 0 Å². The molecule has 0 aliphatic carbocycles. The first kappa shape index (κ1) is 36.4. The van der Waals surface area contributed by atoms with Gasteiger partial charge in [-0.3, -0.25) is 14.4 Å². The lowest BCUT2D eigenvalue weighted by atomic mass is 10.0. The van der Waals surface area contributed by atoms with Gasteiger partial charge in [0, 0.05) is 49.0 Å². The Morgan fingerprint density at radius 2 is 1.55 bits per heavy atom. The summed E-state index contributed by atoms with van der Waals surface area (Å²) in [6.07, 6.45) is 1.29. The molecule has 1 aliphatic rings. The van der Waals surface area contributed by atoms with Crippen molar-refractivity contribution in [2.75, 3.05) is 42.1 Å². The number of nitrogens with zero attached hydrogens (tertiary/aromatic N) is 5. The van der Waals surface area contributed by atoms with Crippen LogP contribution in [-0.4, -0.2) is 92.7 Å². The number of benzene rings is 3. The maximum atomic E-state index is 13.6. The Bertz CT molecular complexity index is 1870. The monoisotopic (exact) mass is 716 g/mol. The third kappa shape index (κ3) is 10.3. The summed E-state index contributed by atoms with van der Waals surface area (Å²) in [5.74, 6) is -3.32. The third-order valence-corrected chi connectivity index (χ3v) is 7.70. The smallest absolute Gasteiger partial charge is 0.338 e. The topological polar surface area (TPSA) is 202 Å². The Hall–Kier alpha value is -5.87. The molecule has 51 heavy (non-hydrogen) atoms. The van der Waals surface area contributed by atoms with Crippen LogP contribution in [0, 0.1) is 0 Å². The summed E-state index contributed by atoms with van der Waals surface area (Å²) in [7, 11) is 0. The molecule has 1 aromatic heterocycles. The molecule has 0 radical (unpaired) electrons. The van der Waals surface area contributed by atoms with Crippen LogP contribution in [0.5, 0.6) is 0 Å². The van der Waals surface area contributed by atoms with Gasteiger partial charge in [0.05, 0.1) is 16.9 Å². The van der Waals surface area contributed by atoms with Gasteiger partial charge >= 0.3 is 23.8 Å². The molecule has 0 unspecified atom stereocenters. The summed E-state index contributed by atoms with van der Waals surface area (Å²) in [5.41, 5.74) is 1.63. The van der Waals surface area contributed by atoms with Crippen molar-refractivity contribution in [2.24, 2.45) is 0 Å². The van der Waals surface area contributed by atoms with Gasteiger partial charge < -0.3 is 36.2 Å². The molecular formula is C34H37ClN10O6. The van der Waals surface area contributed by atoms with Crippen LogP contribution in [0.4, 0.5) is 21.9 Å². The Balaban J connectivity index is 1.30. The fourth-order valence-electron chi connectivity index (χ4n) is 4.98. The van der Waals surface area contributed by atoms with Crippen LogP contribution in [0.15, 0.2) is 73.1 Å². The number of aromatic nitrogens is 4. The number of halogens is 1. The minimum atomic E-state index is -1.23. The van der Waals surface area contributed by atoms with E-state index in [1.54, 1.807) is 62.1 Å². The molecule has 1 fully saturated rings. The van der Waals surface area contributed by atoms with E-state index >= 15 is 0 Å². The zero-order chi connectivity index (χ0) is 36.5. The molecule has 1 atom stereocenters. The number of anilines is 3. The molecule has 0 saturated carbocycles. The Kier molecular flexibility index (Phi) is 11.6. The second kappa shape index (κ2) is 16.2.